The molecule has 1 aromatic carbocycles. The van der Waals surface area contributed by atoms with Crippen LogP contribution >= 0.6 is 0 Å². The molecule has 2 N–H and O–H groups in total. The van der Waals surface area contributed by atoms with Crippen molar-refractivity contribution in [3.63, 3.8) is 0 Å². The second-order valence-corrected chi connectivity index (χ2v) is 5.17. The van der Waals surface area contributed by atoms with Crippen LogP contribution < -0.4 is 15.7 Å². The summed E-state index contributed by atoms with van der Waals surface area (Å²) in [6.07, 6.45) is 2.33. The van der Waals surface area contributed by atoms with Crippen LogP contribution in [0.3, 0.4) is 0 Å². The zero-order valence-corrected chi connectivity index (χ0v) is 12.6. The highest BCUT2D eigenvalue weighted by Gasteiger charge is 2.18. The van der Waals surface area contributed by atoms with Gasteiger partial charge in [0.25, 0.3) is 0 Å². The molecule has 0 saturated carbocycles. The third-order valence-electron chi connectivity index (χ3n) is 3.52. The van der Waals surface area contributed by atoms with Crippen LogP contribution in [0.15, 0.2) is 30.3 Å². The first-order chi connectivity index (χ1) is 10.0. The van der Waals surface area contributed by atoms with Crippen molar-refractivity contribution >= 4 is 12.0 Å². The van der Waals surface area contributed by atoms with Gasteiger partial charge in [0.15, 0.2) is 0 Å². The van der Waals surface area contributed by atoms with Crippen LogP contribution in [-0.2, 0) is 11.2 Å². The Morgan fingerprint density at radius 1 is 1.24 bits per heavy atom. The molecule has 0 aromatic heterocycles. The van der Waals surface area contributed by atoms with E-state index in [2.05, 4.69) is 10.6 Å². The third-order valence-corrected chi connectivity index (χ3v) is 3.52. The molecule has 0 aliphatic heterocycles. The van der Waals surface area contributed by atoms with Gasteiger partial charge in [-0.1, -0.05) is 50.6 Å². The number of hydrogen-bond acceptors (Lipinski definition) is 3. The van der Waals surface area contributed by atoms with Crippen molar-refractivity contribution in [1.82, 2.24) is 10.6 Å². The predicted octanol–water partition coefficient (Wildman–Crippen LogP) is 1.08. The number of rotatable bonds is 8. The number of hydrogen-bond donors (Lipinski definition) is 2. The van der Waals surface area contributed by atoms with Crippen LogP contribution in [0.1, 0.15) is 32.3 Å². The number of aliphatic carboxylic acids is 1. The van der Waals surface area contributed by atoms with E-state index < -0.39 is 18.0 Å². The van der Waals surface area contributed by atoms with Crippen molar-refractivity contribution in [1.29, 1.82) is 0 Å². The average Bonchev–Trinajstić information content (AvgIpc) is 2.49. The van der Waals surface area contributed by atoms with E-state index >= 15 is 0 Å². The Bertz CT molecular complexity index is 448. The van der Waals surface area contributed by atoms with E-state index in [1.165, 1.54) is 5.56 Å². The number of carbonyl (C=O) groups excluding carboxylic acids is 2. The van der Waals surface area contributed by atoms with Crippen LogP contribution in [0.4, 0.5) is 4.79 Å². The summed E-state index contributed by atoms with van der Waals surface area (Å²) < 4.78 is 0. The number of nitrogens with one attached hydrogen (secondary N) is 2. The minimum atomic E-state index is -1.25. The van der Waals surface area contributed by atoms with Crippen molar-refractivity contribution in [2.75, 3.05) is 6.54 Å². The minimum Gasteiger partial charge on any atom is -0.548 e. The molecular formula is C16H23N2O3-. The fourth-order valence-electron chi connectivity index (χ4n) is 2.00. The lowest BCUT2D eigenvalue weighted by atomic mass is 9.99. The van der Waals surface area contributed by atoms with E-state index in [4.69, 9.17) is 0 Å². The average molecular weight is 291 g/mol. The zero-order valence-electron chi connectivity index (χ0n) is 12.6. The quantitative estimate of drug-likeness (QED) is 0.703. The number of aryl methyl sites for hydroxylation is 1. The number of carboxylic acids is 1. The van der Waals surface area contributed by atoms with Crippen molar-refractivity contribution in [3.8, 4) is 0 Å². The lowest BCUT2D eigenvalue weighted by molar-refractivity contribution is -0.309. The molecule has 5 nitrogen and oxygen atoms in total. The highest BCUT2D eigenvalue weighted by atomic mass is 16.4. The Kier molecular flexibility index (Phi) is 7.29. The number of urea groups is 1. The SMILES string of the molecule is CC[C@@H](C)[C@H](NC(=O)NCCCc1ccccc1)C(=O)[O-]. The normalized spacial score (nSPS) is 13.2. The molecule has 5 heteroatoms. The molecule has 0 aliphatic carbocycles. The van der Waals surface area contributed by atoms with Gasteiger partial charge < -0.3 is 20.5 Å². The minimum absolute atomic E-state index is 0.162. The van der Waals surface area contributed by atoms with Crippen molar-refractivity contribution < 1.29 is 14.7 Å². The summed E-state index contributed by atoms with van der Waals surface area (Å²) in [4.78, 5) is 22.7. The summed E-state index contributed by atoms with van der Waals surface area (Å²) in [5.74, 6) is -1.41. The van der Waals surface area contributed by atoms with Crippen LogP contribution in [-0.4, -0.2) is 24.6 Å². The number of amides is 2. The molecule has 0 fully saturated rings. The molecular weight excluding hydrogens is 268 g/mol. The van der Waals surface area contributed by atoms with Gasteiger partial charge >= 0.3 is 6.03 Å². The molecule has 0 spiro atoms. The van der Waals surface area contributed by atoms with Crippen molar-refractivity contribution in [2.24, 2.45) is 5.92 Å². The molecule has 0 bridgehead atoms. The predicted molar refractivity (Wildman–Crippen MR) is 79.5 cm³/mol. The van der Waals surface area contributed by atoms with Crippen LogP contribution in [0.2, 0.25) is 0 Å². The van der Waals surface area contributed by atoms with Crippen LogP contribution in [0, 0.1) is 5.92 Å². The van der Waals surface area contributed by atoms with Gasteiger partial charge in [-0.25, -0.2) is 4.79 Å². The molecule has 0 unspecified atom stereocenters. The first-order valence-corrected chi connectivity index (χ1v) is 7.33. The van der Waals surface area contributed by atoms with Crippen LogP contribution in [0.25, 0.3) is 0 Å². The second-order valence-electron chi connectivity index (χ2n) is 5.17. The Morgan fingerprint density at radius 2 is 1.90 bits per heavy atom. The van der Waals surface area contributed by atoms with Gasteiger partial charge in [-0.2, -0.15) is 0 Å². The van der Waals surface area contributed by atoms with Crippen molar-refractivity contribution in [3.05, 3.63) is 35.9 Å². The van der Waals surface area contributed by atoms with E-state index in [0.29, 0.717) is 13.0 Å². The number of carbonyl (C=O) groups is 2. The van der Waals surface area contributed by atoms with Gasteiger partial charge in [0, 0.05) is 6.54 Å². The molecule has 2 atom stereocenters. The van der Waals surface area contributed by atoms with Gasteiger partial charge in [-0.05, 0) is 24.3 Å². The summed E-state index contributed by atoms with van der Waals surface area (Å²) >= 11 is 0. The monoisotopic (exact) mass is 291 g/mol. The first-order valence-electron chi connectivity index (χ1n) is 7.33. The van der Waals surface area contributed by atoms with Crippen LogP contribution in [0.5, 0.6) is 0 Å². The molecule has 21 heavy (non-hydrogen) atoms. The maximum atomic E-state index is 11.7. The van der Waals surface area contributed by atoms with E-state index in [9.17, 15) is 14.7 Å². The standard InChI is InChI=1S/C16H24N2O3/c1-3-12(2)14(15(19)20)18-16(21)17-11-7-10-13-8-5-4-6-9-13/h4-6,8-9,12,14H,3,7,10-11H2,1-2H3,(H,19,20)(H2,17,18,21)/p-1/t12-,14+/m1/s1. The smallest absolute Gasteiger partial charge is 0.315 e. The molecule has 1 aromatic rings. The van der Waals surface area contributed by atoms with Gasteiger partial charge in [0.2, 0.25) is 0 Å². The van der Waals surface area contributed by atoms with Gasteiger partial charge in [0.1, 0.15) is 0 Å². The largest absolute Gasteiger partial charge is 0.548 e. The summed E-state index contributed by atoms with van der Waals surface area (Å²) in [5, 5.41) is 16.1. The highest BCUT2D eigenvalue weighted by molar-refractivity contribution is 5.81. The first kappa shape index (κ1) is 17.0. The molecule has 116 valence electrons. The molecule has 0 aliphatic rings. The zero-order chi connectivity index (χ0) is 15.7. The summed E-state index contributed by atoms with van der Waals surface area (Å²) in [5.41, 5.74) is 1.21. The summed E-state index contributed by atoms with van der Waals surface area (Å²) in [7, 11) is 0. The van der Waals surface area contributed by atoms with Crippen molar-refractivity contribution in [2.45, 2.75) is 39.2 Å². The Balaban J connectivity index is 2.28. The second kappa shape index (κ2) is 9.00. The van der Waals surface area contributed by atoms with Gasteiger partial charge in [0.05, 0.1) is 12.0 Å². The Labute approximate surface area is 125 Å². The molecule has 0 radical (unpaired) electrons. The van der Waals surface area contributed by atoms with E-state index in [0.717, 1.165) is 12.8 Å². The lowest BCUT2D eigenvalue weighted by Crippen LogP contribution is -2.54. The topological polar surface area (TPSA) is 81.3 Å². The Hall–Kier alpha value is -2.04. The Morgan fingerprint density at radius 3 is 2.48 bits per heavy atom. The van der Waals surface area contributed by atoms with E-state index in [1.807, 2.05) is 37.3 Å². The van der Waals surface area contributed by atoms with E-state index in [1.54, 1.807) is 6.92 Å². The molecule has 1 rings (SSSR count). The third kappa shape index (κ3) is 6.29. The van der Waals surface area contributed by atoms with E-state index in [-0.39, 0.29) is 5.92 Å². The maximum absolute atomic E-state index is 11.7. The van der Waals surface area contributed by atoms with Gasteiger partial charge in [-0.3, -0.25) is 0 Å². The number of carboxylic acid groups (broad SMARTS) is 1. The number of benzene rings is 1. The lowest BCUT2D eigenvalue weighted by Gasteiger charge is -2.25. The molecule has 0 saturated heterocycles. The molecule has 2 amide bonds. The van der Waals surface area contributed by atoms with Gasteiger partial charge in [-0.15, -0.1) is 0 Å². The highest BCUT2D eigenvalue weighted by Crippen LogP contribution is 2.06. The molecule has 0 heterocycles. The summed E-state index contributed by atoms with van der Waals surface area (Å²) in [6.45, 7) is 4.15. The fraction of sp³-hybridized carbons (Fsp3) is 0.500. The summed E-state index contributed by atoms with van der Waals surface area (Å²) in [6, 6.07) is 8.58. The maximum Gasteiger partial charge on any atom is 0.315 e. The fourth-order valence-corrected chi connectivity index (χ4v) is 2.00.